The molecular weight excluding hydrogens is 112 g/mol. The van der Waals surface area contributed by atoms with Gasteiger partial charge in [0.1, 0.15) is 0 Å². The van der Waals surface area contributed by atoms with E-state index < -0.39 is 0 Å². The Labute approximate surface area is 57.1 Å². The van der Waals surface area contributed by atoms with Crippen LogP contribution in [0, 0.1) is 11.8 Å². The monoisotopic (exact) mass is 128 g/mol. The highest BCUT2D eigenvalue weighted by atomic mass is 16.3. The van der Waals surface area contributed by atoms with Gasteiger partial charge in [0.15, 0.2) is 0 Å². The zero-order valence-electron chi connectivity index (χ0n) is 6.30. The largest absolute Gasteiger partial charge is 0.393 e. The average molecular weight is 128 g/mol. The van der Waals surface area contributed by atoms with Gasteiger partial charge in [-0.25, -0.2) is 0 Å². The molecule has 0 unspecified atom stereocenters. The average Bonchev–Trinajstić information content (AvgIpc) is 1.59. The number of rotatable bonds is 0. The Balaban J connectivity index is 2.34. The van der Waals surface area contributed by atoms with Crippen LogP contribution in [-0.4, -0.2) is 11.2 Å². The fourth-order valence-corrected chi connectivity index (χ4v) is 1.90. The standard InChI is InChI=1S/C8H16O/c1-6-3-7(2)5-8(9)4-6/h6-9H,3-5H2,1-2H3/t6-,7-/m1/s1. The minimum atomic E-state index is -0.0104. The molecule has 54 valence electrons. The molecule has 1 saturated carbocycles. The second kappa shape index (κ2) is 2.70. The highest BCUT2D eigenvalue weighted by molar-refractivity contribution is 4.73. The first-order chi connectivity index (χ1) is 4.18. The Morgan fingerprint density at radius 1 is 1.00 bits per heavy atom. The molecule has 0 bridgehead atoms. The Morgan fingerprint density at radius 2 is 1.44 bits per heavy atom. The van der Waals surface area contributed by atoms with Crippen molar-refractivity contribution >= 4 is 0 Å². The second-order valence-corrected chi connectivity index (χ2v) is 3.57. The lowest BCUT2D eigenvalue weighted by Gasteiger charge is -2.27. The highest BCUT2D eigenvalue weighted by Crippen LogP contribution is 2.27. The molecule has 1 aliphatic rings. The van der Waals surface area contributed by atoms with Gasteiger partial charge in [0, 0.05) is 0 Å². The van der Waals surface area contributed by atoms with E-state index in [1.54, 1.807) is 0 Å². The third-order valence-corrected chi connectivity index (χ3v) is 2.15. The van der Waals surface area contributed by atoms with Crippen molar-refractivity contribution in [2.24, 2.45) is 11.8 Å². The molecule has 9 heavy (non-hydrogen) atoms. The van der Waals surface area contributed by atoms with E-state index in [9.17, 15) is 5.11 Å². The summed E-state index contributed by atoms with van der Waals surface area (Å²) in [7, 11) is 0. The molecule has 0 aromatic heterocycles. The molecule has 1 aliphatic carbocycles. The Kier molecular flexibility index (Phi) is 2.12. The summed E-state index contributed by atoms with van der Waals surface area (Å²) in [5.74, 6) is 1.48. The first kappa shape index (κ1) is 7.07. The van der Waals surface area contributed by atoms with Gasteiger partial charge in [-0.3, -0.25) is 0 Å². The minimum absolute atomic E-state index is 0.0104. The van der Waals surface area contributed by atoms with E-state index in [-0.39, 0.29) is 6.10 Å². The summed E-state index contributed by atoms with van der Waals surface area (Å²) in [6.45, 7) is 4.44. The SMILES string of the molecule is C[C@H]1CC(O)C[C@H](C)C1. The summed E-state index contributed by atoms with van der Waals surface area (Å²) in [5, 5.41) is 9.25. The van der Waals surface area contributed by atoms with Crippen LogP contribution in [0.1, 0.15) is 33.1 Å². The van der Waals surface area contributed by atoms with Crippen LogP contribution in [0.15, 0.2) is 0 Å². The van der Waals surface area contributed by atoms with Gasteiger partial charge in [0.25, 0.3) is 0 Å². The van der Waals surface area contributed by atoms with Gasteiger partial charge in [-0.15, -0.1) is 0 Å². The molecule has 2 atom stereocenters. The van der Waals surface area contributed by atoms with Crippen LogP contribution >= 0.6 is 0 Å². The van der Waals surface area contributed by atoms with E-state index in [0.717, 1.165) is 24.7 Å². The van der Waals surface area contributed by atoms with Gasteiger partial charge in [0.05, 0.1) is 6.10 Å². The predicted molar refractivity (Wildman–Crippen MR) is 38.2 cm³/mol. The van der Waals surface area contributed by atoms with Crippen molar-refractivity contribution in [3.8, 4) is 0 Å². The van der Waals surface area contributed by atoms with Crippen LogP contribution in [0.2, 0.25) is 0 Å². The topological polar surface area (TPSA) is 20.2 Å². The number of aliphatic hydroxyl groups is 1. The van der Waals surface area contributed by atoms with E-state index >= 15 is 0 Å². The van der Waals surface area contributed by atoms with E-state index in [1.807, 2.05) is 0 Å². The van der Waals surface area contributed by atoms with Crippen molar-refractivity contribution < 1.29 is 5.11 Å². The van der Waals surface area contributed by atoms with E-state index in [0.29, 0.717) is 0 Å². The van der Waals surface area contributed by atoms with Crippen molar-refractivity contribution in [2.45, 2.75) is 39.2 Å². The molecular formula is C8H16O. The van der Waals surface area contributed by atoms with Gasteiger partial charge in [-0.05, 0) is 31.1 Å². The van der Waals surface area contributed by atoms with Crippen LogP contribution in [0.5, 0.6) is 0 Å². The molecule has 0 saturated heterocycles. The fraction of sp³-hybridized carbons (Fsp3) is 1.00. The van der Waals surface area contributed by atoms with E-state index in [2.05, 4.69) is 13.8 Å². The molecule has 1 nitrogen and oxygen atoms in total. The molecule has 0 aromatic rings. The smallest absolute Gasteiger partial charge is 0.0545 e. The van der Waals surface area contributed by atoms with E-state index in [1.165, 1.54) is 6.42 Å². The first-order valence-corrected chi connectivity index (χ1v) is 3.86. The number of hydrogen-bond acceptors (Lipinski definition) is 1. The zero-order valence-corrected chi connectivity index (χ0v) is 6.30. The summed E-state index contributed by atoms with van der Waals surface area (Å²) in [6, 6.07) is 0. The number of hydrogen-bond donors (Lipinski definition) is 1. The fourth-order valence-electron chi connectivity index (χ4n) is 1.90. The maximum Gasteiger partial charge on any atom is 0.0545 e. The molecule has 1 N–H and O–H groups in total. The molecule has 0 spiro atoms. The van der Waals surface area contributed by atoms with Gasteiger partial charge in [0.2, 0.25) is 0 Å². The Hall–Kier alpha value is -0.0400. The van der Waals surface area contributed by atoms with Crippen LogP contribution in [0.4, 0.5) is 0 Å². The third kappa shape index (κ3) is 1.98. The van der Waals surface area contributed by atoms with E-state index in [4.69, 9.17) is 0 Å². The number of aliphatic hydroxyl groups excluding tert-OH is 1. The molecule has 1 rings (SSSR count). The lowest BCUT2D eigenvalue weighted by atomic mass is 9.82. The third-order valence-electron chi connectivity index (χ3n) is 2.15. The molecule has 0 aliphatic heterocycles. The summed E-state index contributed by atoms with van der Waals surface area (Å²) < 4.78 is 0. The maximum atomic E-state index is 9.25. The maximum absolute atomic E-state index is 9.25. The predicted octanol–water partition coefficient (Wildman–Crippen LogP) is 1.80. The quantitative estimate of drug-likeness (QED) is 0.527. The van der Waals surface area contributed by atoms with Gasteiger partial charge < -0.3 is 5.11 Å². The van der Waals surface area contributed by atoms with Crippen LogP contribution in [-0.2, 0) is 0 Å². The second-order valence-electron chi connectivity index (χ2n) is 3.57. The van der Waals surface area contributed by atoms with Crippen molar-refractivity contribution in [1.82, 2.24) is 0 Å². The normalized spacial score (nSPS) is 45.0. The van der Waals surface area contributed by atoms with Crippen LogP contribution in [0.25, 0.3) is 0 Å². The zero-order chi connectivity index (χ0) is 6.85. The lowest BCUT2D eigenvalue weighted by Crippen LogP contribution is -2.22. The summed E-state index contributed by atoms with van der Waals surface area (Å²) in [6.07, 6.45) is 3.33. The minimum Gasteiger partial charge on any atom is -0.393 e. The lowest BCUT2D eigenvalue weighted by molar-refractivity contribution is 0.0804. The van der Waals surface area contributed by atoms with Crippen molar-refractivity contribution in [1.29, 1.82) is 0 Å². The van der Waals surface area contributed by atoms with Crippen LogP contribution in [0.3, 0.4) is 0 Å². The Bertz CT molecular complexity index is 65.5. The highest BCUT2D eigenvalue weighted by Gasteiger charge is 2.21. The van der Waals surface area contributed by atoms with Crippen molar-refractivity contribution in [3.05, 3.63) is 0 Å². The summed E-state index contributed by atoms with van der Waals surface area (Å²) in [4.78, 5) is 0. The van der Waals surface area contributed by atoms with Gasteiger partial charge in [-0.2, -0.15) is 0 Å². The summed E-state index contributed by atoms with van der Waals surface area (Å²) in [5.41, 5.74) is 0. The molecule has 0 heterocycles. The molecule has 1 heteroatoms. The molecule has 0 aromatic carbocycles. The van der Waals surface area contributed by atoms with Gasteiger partial charge in [-0.1, -0.05) is 13.8 Å². The Morgan fingerprint density at radius 3 is 1.78 bits per heavy atom. The first-order valence-electron chi connectivity index (χ1n) is 3.86. The molecule has 0 amide bonds. The van der Waals surface area contributed by atoms with Crippen molar-refractivity contribution in [3.63, 3.8) is 0 Å². The summed E-state index contributed by atoms with van der Waals surface area (Å²) >= 11 is 0. The van der Waals surface area contributed by atoms with Crippen LogP contribution < -0.4 is 0 Å². The van der Waals surface area contributed by atoms with Gasteiger partial charge >= 0.3 is 0 Å². The molecule has 1 fully saturated rings. The van der Waals surface area contributed by atoms with Crippen molar-refractivity contribution in [2.75, 3.05) is 0 Å². The molecule has 0 radical (unpaired) electrons.